The predicted molar refractivity (Wildman–Crippen MR) is 94.3 cm³/mol. The van der Waals surface area contributed by atoms with Crippen LogP contribution >= 0.6 is 0 Å². The van der Waals surface area contributed by atoms with E-state index in [1.54, 1.807) is 18.7 Å². The number of amides is 1. The van der Waals surface area contributed by atoms with Gasteiger partial charge in [-0.25, -0.2) is 9.97 Å². The number of carbonyl (C=O) groups excluding carboxylic acids is 1. The van der Waals surface area contributed by atoms with Gasteiger partial charge in [-0.2, -0.15) is 0 Å². The summed E-state index contributed by atoms with van der Waals surface area (Å²) in [6.45, 7) is 3.09. The Bertz CT molecular complexity index is 742. The van der Waals surface area contributed by atoms with Crippen LogP contribution in [0.3, 0.4) is 0 Å². The largest absolute Gasteiger partial charge is 0.381 e. The quantitative estimate of drug-likeness (QED) is 0.912. The molecule has 2 saturated heterocycles. The highest BCUT2D eigenvalue weighted by molar-refractivity contribution is 5.89. The number of aromatic nitrogens is 3. The minimum Gasteiger partial charge on any atom is -0.381 e. The first-order chi connectivity index (χ1) is 12.3. The third-order valence-corrected chi connectivity index (χ3v) is 5.08. The topological polar surface area (TPSA) is 80.2 Å². The van der Waals surface area contributed by atoms with E-state index in [4.69, 9.17) is 4.74 Å². The number of carbonyl (C=O) groups is 1. The summed E-state index contributed by atoms with van der Waals surface area (Å²) in [7, 11) is 0. The molecule has 7 heteroatoms. The van der Waals surface area contributed by atoms with E-state index in [0.29, 0.717) is 6.54 Å². The standard InChI is InChI=1S/C18H23N5O2/c24-18(22-14-4-8-25-9-5-14)13-2-1-7-23(11-13)17-15-3-6-19-10-16(15)20-12-21-17/h3,6,10,12-14H,1-2,4-5,7-9,11H2,(H,22,24). The number of anilines is 1. The molecule has 4 rings (SSSR count). The van der Waals surface area contributed by atoms with Crippen LogP contribution in [0, 0.1) is 5.92 Å². The van der Waals surface area contributed by atoms with E-state index in [0.717, 1.165) is 62.2 Å². The molecule has 7 nitrogen and oxygen atoms in total. The number of rotatable bonds is 3. The van der Waals surface area contributed by atoms with Crippen molar-refractivity contribution >= 4 is 22.6 Å². The number of hydrogen-bond acceptors (Lipinski definition) is 6. The van der Waals surface area contributed by atoms with E-state index < -0.39 is 0 Å². The summed E-state index contributed by atoms with van der Waals surface area (Å²) < 4.78 is 5.36. The van der Waals surface area contributed by atoms with Gasteiger partial charge in [0.1, 0.15) is 12.1 Å². The van der Waals surface area contributed by atoms with E-state index in [2.05, 4.69) is 25.2 Å². The van der Waals surface area contributed by atoms with Gasteiger partial charge in [0, 0.05) is 43.9 Å². The summed E-state index contributed by atoms with van der Waals surface area (Å²) in [5, 5.41) is 4.20. The van der Waals surface area contributed by atoms with Crippen molar-refractivity contribution in [3.05, 3.63) is 24.8 Å². The van der Waals surface area contributed by atoms with Crippen molar-refractivity contribution in [3.8, 4) is 0 Å². The Morgan fingerprint density at radius 1 is 1.24 bits per heavy atom. The minimum absolute atomic E-state index is 0.00319. The van der Waals surface area contributed by atoms with Gasteiger partial charge in [-0.15, -0.1) is 0 Å². The predicted octanol–water partition coefficient (Wildman–Crippen LogP) is 1.54. The number of nitrogens with zero attached hydrogens (tertiary/aromatic N) is 4. The lowest BCUT2D eigenvalue weighted by molar-refractivity contribution is -0.126. The minimum atomic E-state index is 0.00319. The second-order valence-electron chi connectivity index (χ2n) is 6.77. The van der Waals surface area contributed by atoms with Crippen molar-refractivity contribution < 1.29 is 9.53 Å². The molecule has 1 amide bonds. The normalized spacial score (nSPS) is 22.1. The van der Waals surface area contributed by atoms with E-state index in [-0.39, 0.29) is 17.9 Å². The van der Waals surface area contributed by atoms with Crippen LogP contribution in [0.15, 0.2) is 24.8 Å². The van der Waals surface area contributed by atoms with Gasteiger partial charge in [0.2, 0.25) is 5.91 Å². The van der Waals surface area contributed by atoms with Crippen LogP contribution in [0.1, 0.15) is 25.7 Å². The molecule has 2 aliphatic heterocycles. The number of pyridine rings is 1. The van der Waals surface area contributed by atoms with E-state index >= 15 is 0 Å². The maximum absolute atomic E-state index is 12.7. The zero-order valence-corrected chi connectivity index (χ0v) is 14.2. The van der Waals surface area contributed by atoms with Crippen LogP contribution in [0.2, 0.25) is 0 Å². The van der Waals surface area contributed by atoms with Crippen LogP contribution in [0.5, 0.6) is 0 Å². The lowest BCUT2D eigenvalue weighted by Gasteiger charge is -2.34. The molecule has 1 N–H and O–H groups in total. The van der Waals surface area contributed by atoms with E-state index in [9.17, 15) is 4.79 Å². The molecule has 0 aliphatic carbocycles. The van der Waals surface area contributed by atoms with Crippen LogP contribution in [-0.4, -0.2) is 53.2 Å². The van der Waals surface area contributed by atoms with Crippen LogP contribution in [0.25, 0.3) is 10.9 Å². The summed E-state index contributed by atoms with van der Waals surface area (Å²) in [4.78, 5) is 27.8. The molecule has 25 heavy (non-hydrogen) atoms. The van der Waals surface area contributed by atoms with Gasteiger partial charge < -0.3 is 15.0 Å². The average molecular weight is 341 g/mol. The fourth-order valence-corrected chi connectivity index (χ4v) is 3.69. The van der Waals surface area contributed by atoms with Gasteiger partial charge in [-0.05, 0) is 31.7 Å². The second-order valence-corrected chi connectivity index (χ2v) is 6.77. The van der Waals surface area contributed by atoms with Gasteiger partial charge in [0.05, 0.1) is 17.6 Å². The highest BCUT2D eigenvalue weighted by atomic mass is 16.5. The van der Waals surface area contributed by atoms with Gasteiger partial charge in [0.25, 0.3) is 0 Å². The van der Waals surface area contributed by atoms with Crippen molar-refractivity contribution in [2.45, 2.75) is 31.7 Å². The Hall–Kier alpha value is -2.28. The number of hydrogen-bond donors (Lipinski definition) is 1. The third kappa shape index (κ3) is 3.56. The van der Waals surface area contributed by atoms with E-state index in [1.807, 2.05) is 6.07 Å². The smallest absolute Gasteiger partial charge is 0.225 e. The lowest BCUT2D eigenvalue weighted by Crippen LogP contribution is -2.47. The van der Waals surface area contributed by atoms with Crippen LogP contribution in [0.4, 0.5) is 5.82 Å². The zero-order chi connectivity index (χ0) is 17.1. The number of nitrogens with one attached hydrogen (secondary N) is 1. The maximum Gasteiger partial charge on any atom is 0.225 e. The van der Waals surface area contributed by atoms with Crippen molar-refractivity contribution in [1.82, 2.24) is 20.3 Å². The first-order valence-electron chi connectivity index (χ1n) is 8.99. The monoisotopic (exact) mass is 341 g/mol. The molecule has 0 radical (unpaired) electrons. The first kappa shape index (κ1) is 16.2. The summed E-state index contributed by atoms with van der Waals surface area (Å²) in [6.07, 6.45) is 8.81. The van der Waals surface area contributed by atoms with Crippen molar-refractivity contribution in [3.63, 3.8) is 0 Å². The molecular weight excluding hydrogens is 318 g/mol. The SMILES string of the molecule is O=C(NC1CCOCC1)C1CCCN(c2ncnc3cnccc23)C1. The lowest BCUT2D eigenvalue weighted by atomic mass is 9.96. The van der Waals surface area contributed by atoms with Gasteiger partial charge >= 0.3 is 0 Å². The van der Waals surface area contributed by atoms with Crippen molar-refractivity contribution in [1.29, 1.82) is 0 Å². The van der Waals surface area contributed by atoms with Gasteiger partial charge in [-0.3, -0.25) is 9.78 Å². The molecule has 2 fully saturated rings. The van der Waals surface area contributed by atoms with Crippen molar-refractivity contribution in [2.75, 3.05) is 31.2 Å². The highest BCUT2D eigenvalue weighted by Gasteiger charge is 2.29. The van der Waals surface area contributed by atoms with Crippen LogP contribution < -0.4 is 10.2 Å². The summed E-state index contributed by atoms with van der Waals surface area (Å²) in [5.41, 5.74) is 0.835. The molecule has 132 valence electrons. The Labute approximate surface area is 146 Å². The molecule has 0 saturated carbocycles. The first-order valence-corrected chi connectivity index (χ1v) is 8.99. The molecule has 1 atom stereocenters. The van der Waals surface area contributed by atoms with Crippen LogP contribution in [-0.2, 0) is 9.53 Å². The molecule has 0 spiro atoms. The van der Waals surface area contributed by atoms with Crippen molar-refractivity contribution in [2.24, 2.45) is 5.92 Å². The Morgan fingerprint density at radius 3 is 3.00 bits per heavy atom. The summed E-state index contributed by atoms with van der Waals surface area (Å²) >= 11 is 0. The van der Waals surface area contributed by atoms with Gasteiger partial charge in [-0.1, -0.05) is 0 Å². The molecular formula is C18H23N5O2. The highest BCUT2D eigenvalue weighted by Crippen LogP contribution is 2.27. The Morgan fingerprint density at radius 2 is 2.12 bits per heavy atom. The summed E-state index contributed by atoms with van der Waals surface area (Å²) in [6, 6.07) is 2.19. The summed E-state index contributed by atoms with van der Waals surface area (Å²) in [5.74, 6) is 1.07. The second kappa shape index (κ2) is 7.31. The third-order valence-electron chi connectivity index (χ3n) is 5.08. The number of fused-ring (bicyclic) bond motifs is 1. The molecule has 2 aliphatic rings. The fraction of sp³-hybridized carbons (Fsp3) is 0.556. The molecule has 2 aromatic rings. The number of ether oxygens (including phenoxy) is 1. The molecule has 1 unspecified atom stereocenters. The molecule has 0 bridgehead atoms. The molecule has 2 aromatic heterocycles. The Kier molecular flexibility index (Phi) is 4.74. The fourth-order valence-electron chi connectivity index (χ4n) is 3.69. The maximum atomic E-state index is 12.7. The Balaban J connectivity index is 1.47. The average Bonchev–Trinajstić information content (AvgIpc) is 2.68. The van der Waals surface area contributed by atoms with Gasteiger partial charge in [0.15, 0.2) is 0 Å². The zero-order valence-electron chi connectivity index (χ0n) is 14.2. The molecule has 4 heterocycles. The number of piperidine rings is 1. The molecule has 0 aromatic carbocycles. The van der Waals surface area contributed by atoms with E-state index in [1.165, 1.54) is 0 Å².